The third-order valence-electron chi connectivity index (χ3n) is 4.22. The van der Waals surface area contributed by atoms with Gasteiger partial charge in [0.2, 0.25) is 5.60 Å². The molecule has 0 amide bonds. The van der Waals surface area contributed by atoms with E-state index < -0.39 is 30.3 Å². The molecule has 0 saturated carbocycles. The van der Waals surface area contributed by atoms with Crippen LogP contribution in [0.4, 0.5) is 10.2 Å². The van der Waals surface area contributed by atoms with Crippen LogP contribution in [-0.2, 0) is 24.9 Å². The third kappa shape index (κ3) is 1.99. The van der Waals surface area contributed by atoms with Crippen LogP contribution in [0.2, 0.25) is 0 Å². The number of anilines is 1. The normalized spacial score (nSPS) is 35.1. The van der Waals surface area contributed by atoms with Crippen molar-refractivity contribution in [3.63, 3.8) is 0 Å². The highest BCUT2D eigenvalue weighted by Crippen LogP contribution is 2.51. The number of halogens is 1. The van der Waals surface area contributed by atoms with E-state index in [0.29, 0.717) is 10.9 Å². The molecule has 4 atom stereocenters. The molecular weight excluding hydrogens is 339 g/mol. The number of nitrogens with zero attached hydrogens (tertiary/aromatic N) is 5. The van der Waals surface area contributed by atoms with Gasteiger partial charge in [0.05, 0.1) is 18.2 Å². The van der Waals surface area contributed by atoms with E-state index in [2.05, 4.69) is 10.1 Å². The van der Waals surface area contributed by atoms with E-state index in [1.54, 1.807) is 6.07 Å². The monoisotopic (exact) mass is 352 g/mol. The van der Waals surface area contributed by atoms with E-state index in [-0.39, 0.29) is 11.5 Å². The van der Waals surface area contributed by atoms with Crippen LogP contribution in [0.5, 0.6) is 0 Å². The van der Waals surface area contributed by atoms with E-state index in [4.69, 9.17) is 25.0 Å². The van der Waals surface area contributed by atoms with Gasteiger partial charge in [0.25, 0.3) is 5.85 Å². The van der Waals surface area contributed by atoms with Crippen LogP contribution in [0.25, 0.3) is 5.52 Å². The Labute approximate surface area is 139 Å². The van der Waals surface area contributed by atoms with Crippen LogP contribution in [0, 0.1) is 11.3 Å². The number of fused-ring (bicyclic) bond motifs is 2. The number of hydrogen-bond acceptors (Lipinski definition) is 10. The van der Waals surface area contributed by atoms with Gasteiger partial charge in [0, 0.05) is 0 Å². The van der Waals surface area contributed by atoms with Crippen molar-refractivity contribution in [3.8, 4) is 6.07 Å². The lowest BCUT2D eigenvalue weighted by molar-refractivity contribution is -0.499. The molecule has 11 nitrogen and oxygen atoms in total. The van der Waals surface area contributed by atoms with Crippen molar-refractivity contribution in [2.45, 2.75) is 23.7 Å². The Bertz CT molecular complexity index is 872. The lowest BCUT2D eigenvalue weighted by atomic mass is 9.92. The van der Waals surface area contributed by atoms with E-state index in [1.165, 1.54) is 24.0 Å². The summed E-state index contributed by atoms with van der Waals surface area (Å²) in [5.41, 5.74) is 4.35. The molecule has 0 spiro atoms. The summed E-state index contributed by atoms with van der Waals surface area (Å²) in [5, 5.41) is 23.9. The quantitative estimate of drug-likeness (QED) is 0.721. The smallest absolute Gasteiger partial charge is 0.265 e. The standard InChI is InChI=1S/C13H13FN6O5/c1-22-20-23-9-10(24-20)13(14,5-21)25-12(9,4-15)8-3-2-7-11(16)17-6-18-19(7)8/h2-3,6,9-10,21H,5H2,1H3,(H2,16,17,18)/t9-,10+,12+,13-/m1/s1. The zero-order chi connectivity index (χ0) is 17.8. The Morgan fingerprint density at radius 2 is 2.24 bits per heavy atom. The summed E-state index contributed by atoms with van der Waals surface area (Å²) >= 11 is 0. The van der Waals surface area contributed by atoms with Crippen LogP contribution in [-0.4, -0.2) is 56.9 Å². The van der Waals surface area contributed by atoms with Crippen molar-refractivity contribution in [2.24, 2.45) is 0 Å². The number of ether oxygens (including phenoxy) is 1. The first-order chi connectivity index (χ1) is 12.0. The number of nitriles is 1. The fourth-order valence-corrected chi connectivity index (χ4v) is 3.08. The van der Waals surface area contributed by atoms with Gasteiger partial charge >= 0.3 is 0 Å². The van der Waals surface area contributed by atoms with Crippen molar-refractivity contribution in [1.29, 1.82) is 5.26 Å². The van der Waals surface area contributed by atoms with Crippen LogP contribution < -0.4 is 5.73 Å². The summed E-state index contributed by atoms with van der Waals surface area (Å²) in [6.45, 7) is -1.06. The number of aliphatic hydroxyl groups excluding tert-OH is 1. The van der Waals surface area contributed by atoms with Gasteiger partial charge in [-0.15, -0.1) is 0 Å². The highest BCUT2D eigenvalue weighted by molar-refractivity contribution is 5.66. The van der Waals surface area contributed by atoms with Crippen LogP contribution >= 0.6 is 0 Å². The maximum Gasteiger partial charge on any atom is 0.265 e. The van der Waals surface area contributed by atoms with Crippen LogP contribution in [0.15, 0.2) is 18.5 Å². The van der Waals surface area contributed by atoms with Crippen molar-refractivity contribution in [1.82, 2.24) is 20.0 Å². The first-order valence-electron chi connectivity index (χ1n) is 7.17. The molecule has 25 heavy (non-hydrogen) atoms. The van der Waals surface area contributed by atoms with E-state index in [0.717, 1.165) is 0 Å². The Morgan fingerprint density at radius 3 is 2.92 bits per heavy atom. The molecule has 132 valence electrons. The fraction of sp³-hybridized carbons (Fsp3) is 0.462. The molecule has 2 aromatic heterocycles. The molecule has 2 aliphatic heterocycles. The maximum absolute atomic E-state index is 15.1. The van der Waals surface area contributed by atoms with Gasteiger partial charge in [0.15, 0.2) is 18.0 Å². The zero-order valence-corrected chi connectivity index (χ0v) is 12.9. The number of hydrogen-bond donors (Lipinski definition) is 2. The summed E-state index contributed by atoms with van der Waals surface area (Å²) in [6, 6.07) is 4.96. The highest BCUT2D eigenvalue weighted by Gasteiger charge is 2.72. The number of nitrogen functional groups attached to an aromatic ring is 1. The second-order valence-electron chi connectivity index (χ2n) is 5.51. The van der Waals surface area contributed by atoms with Gasteiger partial charge in [-0.2, -0.15) is 10.4 Å². The lowest BCUT2D eigenvalue weighted by Crippen LogP contribution is -2.41. The van der Waals surface area contributed by atoms with Gasteiger partial charge in [-0.05, 0) is 12.1 Å². The Balaban J connectivity index is 1.91. The van der Waals surface area contributed by atoms with Crippen molar-refractivity contribution in [3.05, 3.63) is 24.2 Å². The first kappa shape index (κ1) is 16.1. The van der Waals surface area contributed by atoms with E-state index in [1.807, 2.05) is 6.07 Å². The molecular formula is C13H13FN6O5. The molecule has 4 rings (SSSR count). The van der Waals surface area contributed by atoms with Crippen molar-refractivity contribution in [2.75, 3.05) is 19.5 Å². The summed E-state index contributed by atoms with van der Waals surface area (Å²) in [7, 11) is 1.23. The minimum Gasteiger partial charge on any atom is -0.390 e. The molecule has 0 unspecified atom stereocenters. The van der Waals surface area contributed by atoms with E-state index in [9.17, 15) is 10.4 Å². The SMILES string of the molecule is CON1O[C@@H]2[C@H](O1)[C@@](F)(CO)O[C@@]2(C#N)c1ccc2c(N)ncnn12. The summed E-state index contributed by atoms with van der Waals surface area (Å²) < 4.78 is 21.7. The summed E-state index contributed by atoms with van der Waals surface area (Å²) in [6.07, 6.45) is -1.53. The largest absolute Gasteiger partial charge is 0.390 e. The Morgan fingerprint density at radius 1 is 1.48 bits per heavy atom. The second kappa shape index (κ2) is 5.30. The molecule has 0 radical (unpaired) electrons. The molecule has 0 aromatic carbocycles. The predicted molar refractivity (Wildman–Crippen MR) is 75.3 cm³/mol. The molecule has 3 N–H and O–H groups in total. The second-order valence-corrected chi connectivity index (χ2v) is 5.51. The molecule has 4 heterocycles. The predicted octanol–water partition coefficient (Wildman–Crippen LogP) is -0.804. The number of nitrogens with two attached hydrogens (primary N) is 1. The number of aromatic nitrogens is 3. The van der Waals surface area contributed by atoms with Gasteiger partial charge in [-0.3, -0.25) is 4.84 Å². The first-order valence-corrected chi connectivity index (χ1v) is 7.17. The lowest BCUT2D eigenvalue weighted by Gasteiger charge is -2.27. The van der Waals surface area contributed by atoms with Gasteiger partial charge in [-0.1, -0.05) is 0 Å². The molecule has 2 aliphatic rings. The molecule has 2 saturated heterocycles. The number of rotatable bonds is 3. The molecule has 2 fully saturated rings. The van der Waals surface area contributed by atoms with Gasteiger partial charge in [-0.25, -0.2) is 23.6 Å². The molecule has 2 aromatic rings. The summed E-state index contributed by atoms with van der Waals surface area (Å²) in [5.74, 6) is -2.53. The average molecular weight is 352 g/mol. The summed E-state index contributed by atoms with van der Waals surface area (Å²) in [4.78, 5) is 19.1. The van der Waals surface area contributed by atoms with E-state index >= 15 is 4.39 Å². The minimum absolute atomic E-state index is 0.142. The Kier molecular flexibility index (Phi) is 3.41. The van der Waals surface area contributed by atoms with Crippen molar-refractivity contribution < 1.29 is 28.7 Å². The third-order valence-corrected chi connectivity index (χ3v) is 4.22. The molecule has 0 bridgehead atoms. The topological polar surface area (TPSA) is 140 Å². The van der Waals surface area contributed by atoms with Crippen molar-refractivity contribution >= 4 is 11.3 Å². The molecule has 0 aliphatic carbocycles. The number of aliphatic hydroxyl groups is 1. The zero-order valence-electron chi connectivity index (χ0n) is 12.9. The van der Waals surface area contributed by atoms with Crippen LogP contribution in [0.3, 0.4) is 0 Å². The van der Waals surface area contributed by atoms with Gasteiger partial charge in [0.1, 0.15) is 24.5 Å². The van der Waals surface area contributed by atoms with Gasteiger partial charge < -0.3 is 15.6 Å². The molecule has 12 heteroatoms. The maximum atomic E-state index is 15.1. The fourth-order valence-electron chi connectivity index (χ4n) is 3.08. The average Bonchev–Trinajstić information content (AvgIpc) is 3.29. The highest BCUT2D eigenvalue weighted by atomic mass is 19.2. The number of alkyl halides is 1. The minimum atomic E-state index is -2.70. The van der Waals surface area contributed by atoms with Crippen LogP contribution in [0.1, 0.15) is 5.69 Å². The Hall–Kier alpha value is -2.40.